The third kappa shape index (κ3) is 13.4. The number of nitrogens with zero attached hydrogens (tertiary/aromatic N) is 8. The minimum Gasteiger partial charge on any atom is -0.478 e. The van der Waals surface area contributed by atoms with Crippen molar-refractivity contribution >= 4 is 153 Å². The molecular formula is C36H33Cl5N12O8. The molecule has 0 saturated heterocycles. The molecule has 61 heavy (non-hydrogen) atoms. The number of carboxylic acid groups (broad SMARTS) is 4. The van der Waals surface area contributed by atoms with Crippen molar-refractivity contribution in [2.45, 2.75) is 0 Å². The van der Waals surface area contributed by atoms with E-state index in [1.807, 2.05) is 0 Å². The van der Waals surface area contributed by atoms with E-state index in [2.05, 4.69) is 39.9 Å². The first kappa shape index (κ1) is 53.8. The first-order valence-corrected chi connectivity index (χ1v) is 15.7. The normalized spacial score (nSPS) is 9.44. The SMILES string of the molecule is Cl.Cl.Cl.Cl.Cl.Nc1nc2ncccc2cc1C(=O)O.Nc1nc2ncccc2cc1C(=O)O.Nc1nc2ncccc2cc1C(=O)O.Nc1nc2ncccc2cc1C(=O)O. The topological polar surface area (TPSA) is 356 Å². The maximum absolute atomic E-state index is 10.7. The lowest BCUT2D eigenvalue weighted by Crippen LogP contribution is -2.04. The molecule has 0 spiro atoms. The molecule has 8 aromatic heterocycles. The zero-order valence-electron chi connectivity index (χ0n) is 30.6. The molecule has 0 unspecified atom stereocenters. The Morgan fingerprint density at radius 3 is 0.705 bits per heavy atom. The van der Waals surface area contributed by atoms with Crippen LogP contribution in [0.4, 0.5) is 23.3 Å². The second-order valence-corrected chi connectivity index (χ2v) is 11.1. The van der Waals surface area contributed by atoms with Gasteiger partial charge in [0.1, 0.15) is 45.5 Å². The van der Waals surface area contributed by atoms with Crippen molar-refractivity contribution in [3.05, 3.63) is 120 Å². The number of hydrogen-bond donors (Lipinski definition) is 8. The molecule has 0 atom stereocenters. The van der Waals surface area contributed by atoms with Crippen LogP contribution in [0.2, 0.25) is 0 Å². The number of hydrogen-bond acceptors (Lipinski definition) is 16. The van der Waals surface area contributed by atoms with E-state index in [1.54, 1.807) is 73.3 Å². The fourth-order valence-electron chi connectivity index (χ4n) is 4.76. The molecule has 0 aliphatic heterocycles. The van der Waals surface area contributed by atoms with Crippen LogP contribution in [0.3, 0.4) is 0 Å². The summed E-state index contributed by atoms with van der Waals surface area (Å²) in [4.78, 5) is 74.3. The molecule has 0 aliphatic rings. The van der Waals surface area contributed by atoms with Crippen LogP contribution in [-0.4, -0.2) is 84.2 Å². The van der Waals surface area contributed by atoms with Crippen molar-refractivity contribution in [1.82, 2.24) is 39.9 Å². The highest BCUT2D eigenvalue weighted by atomic mass is 35.5. The Morgan fingerprint density at radius 2 is 0.541 bits per heavy atom. The van der Waals surface area contributed by atoms with Crippen LogP contribution >= 0.6 is 62.0 Å². The zero-order valence-corrected chi connectivity index (χ0v) is 34.7. The van der Waals surface area contributed by atoms with E-state index in [0.29, 0.717) is 44.1 Å². The molecule has 25 heteroatoms. The monoisotopic (exact) mass is 936 g/mol. The van der Waals surface area contributed by atoms with Crippen LogP contribution in [0.5, 0.6) is 0 Å². The number of nitrogen functional groups attached to an aromatic ring is 4. The number of carbonyl (C=O) groups is 4. The Morgan fingerprint density at radius 1 is 0.361 bits per heavy atom. The number of nitrogens with two attached hydrogens (primary N) is 4. The second-order valence-electron chi connectivity index (χ2n) is 11.1. The van der Waals surface area contributed by atoms with Gasteiger partial charge in [0.15, 0.2) is 22.6 Å². The van der Waals surface area contributed by atoms with Crippen LogP contribution in [0.25, 0.3) is 44.1 Å². The molecule has 20 nitrogen and oxygen atoms in total. The Labute approximate surface area is 374 Å². The van der Waals surface area contributed by atoms with Crippen LogP contribution < -0.4 is 22.9 Å². The lowest BCUT2D eigenvalue weighted by molar-refractivity contribution is 0.0687. The van der Waals surface area contributed by atoms with Crippen molar-refractivity contribution < 1.29 is 39.6 Å². The maximum atomic E-state index is 10.7. The van der Waals surface area contributed by atoms with E-state index >= 15 is 0 Å². The summed E-state index contributed by atoms with van der Waals surface area (Å²) in [5.41, 5.74) is 23.7. The molecule has 0 aromatic carbocycles. The smallest absolute Gasteiger partial charge is 0.339 e. The molecule has 8 aromatic rings. The number of anilines is 4. The predicted octanol–water partition coefficient (Wildman–Crippen LogP) is 5.75. The highest BCUT2D eigenvalue weighted by Gasteiger charge is 2.13. The van der Waals surface area contributed by atoms with Gasteiger partial charge in [0, 0.05) is 46.3 Å². The number of carboxylic acids is 4. The largest absolute Gasteiger partial charge is 0.478 e. The molecule has 0 saturated carbocycles. The van der Waals surface area contributed by atoms with E-state index in [9.17, 15) is 19.2 Å². The average Bonchev–Trinajstić information content (AvgIpc) is 3.17. The molecule has 0 bridgehead atoms. The van der Waals surface area contributed by atoms with Gasteiger partial charge in [0.25, 0.3) is 0 Å². The summed E-state index contributed by atoms with van der Waals surface area (Å²) < 4.78 is 0. The highest BCUT2D eigenvalue weighted by Crippen LogP contribution is 2.19. The first-order chi connectivity index (χ1) is 26.7. The summed E-state index contributed by atoms with van der Waals surface area (Å²) in [6.45, 7) is 0. The average molecular weight is 939 g/mol. The fourth-order valence-corrected chi connectivity index (χ4v) is 4.76. The molecule has 8 heterocycles. The number of halogens is 5. The second kappa shape index (κ2) is 24.0. The Hall–Kier alpha value is -7.23. The summed E-state index contributed by atoms with van der Waals surface area (Å²) in [7, 11) is 0. The molecule has 320 valence electrons. The molecule has 12 N–H and O–H groups in total. The van der Waals surface area contributed by atoms with Gasteiger partial charge >= 0.3 is 23.9 Å². The van der Waals surface area contributed by atoms with Gasteiger partial charge in [-0.3, -0.25) is 0 Å². The minimum absolute atomic E-state index is 0. The summed E-state index contributed by atoms with van der Waals surface area (Å²) in [6, 6.07) is 19.7. The van der Waals surface area contributed by atoms with Crippen molar-refractivity contribution in [3.63, 3.8) is 0 Å². The van der Waals surface area contributed by atoms with Gasteiger partial charge in [0.05, 0.1) is 0 Å². The molecule has 0 fully saturated rings. The van der Waals surface area contributed by atoms with Crippen LogP contribution in [-0.2, 0) is 0 Å². The number of aromatic nitrogens is 8. The van der Waals surface area contributed by atoms with Gasteiger partial charge in [-0.25, -0.2) is 59.0 Å². The third-order valence-corrected chi connectivity index (χ3v) is 7.40. The van der Waals surface area contributed by atoms with Crippen molar-refractivity contribution in [2.24, 2.45) is 0 Å². The van der Waals surface area contributed by atoms with E-state index in [4.69, 9.17) is 43.4 Å². The number of fused-ring (bicyclic) bond motifs is 4. The van der Waals surface area contributed by atoms with Gasteiger partial charge < -0.3 is 43.4 Å². The standard InChI is InChI=1S/4C9H7N3O2.5ClH/c4*10-7-6(9(13)14)4-5-2-1-3-11-8(5)12-7;;;;;/h4*1-4H,(H,13,14)(H2,10,11,12);5*1H. The van der Waals surface area contributed by atoms with Crippen molar-refractivity contribution in [3.8, 4) is 0 Å². The van der Waals surface area contributed by atoms with Gasteiger partial charge in [-0.05, 0) is 72.8 Å². The number of aromatic carboxylic acids is 4. The molecule has 8 rings (SSSR count). The van der Waals surface area contributed by atoms with Crippen LogP contribution in [0.15, 0.2) is 97.6 Å². The lowest BCUT2D eigenvalue weighted by atomic mass is 10.2. The zero-order chi connectivity index (χ0) is 40.5. The first-order valence-electron chi connectivity index (χ1n) is 15.7. The van der Waals surface area contributed by atoms with Gasteiger partial charge in [-0.15, -0.1) is 62.0 Å². The van der Waals surface area contributed by atoms with Crippen molar-refractivity contribution in [1.29, 1.82) is 0 Å². The van der Waals surface area contributed by atoms with Crippen molar-refractivity contribution in [2.75, 3.05) is 22.9 Å². The number of rotatable bonds is 4. The summed E-state index contributed by atoms with van der Waals surface area (Å²) in [5, 5.41) is 37.8. The summed E-state index contributed by atoms with van der Waals surface area (Å²) in [6.07, 6.45) is 6.31. The fraction of sp³-hybridized carbons (Fsp3) is 0. The van der Waals surface area contributed by atoms with E-state index in [0.717, 1.165) is 0 Å². The third-order valence-electron chi connectivity index (χ3n) is 7.40. The van der Waals surface area contributed by atoms with E-state index in [-0.39, 0.29) is 108 Å². The van der Waals surface area contributed by atoms with Gasteiger partial charge in [-0.1, -0.05) is 0 Å². The van der Waals surface area contributed by atoms with Gasteiger partial charge in [-0.2, -0.15) is 0 Å². The Kier molecular flexibility index (Phi) is 21.2. The maximum Gasteiger partial charge on any atom is 0.339 e. The molecule has 0 amide bonds. The summed E-state index contributed by atoms with van der Waals surface area (Å²) >= 11 is 0. The predicted molar refractivity (Wildman–Crippen MR) is 240 cm³/mol. The van der Waals surface area contributed by atoms with Gasteiger partial charge in [0.2, 0.25) is 0 Å². The van der Waals surface area contributed by atoms with E-state index in [1.165, 1.54) is 24.3 Å². The number of pyridine rings is 8. The molecule has 0 radical (unpaired) electrons. The Bertz CT molecular complexity index is 2450. The lowest BCUT2D eigenvalue weighted by Gasteiger charge is -2.01. The summed E-state index contributed by atoms with van der Waals surface area (Å²) in [5.74, 6) is -4.37. The van der Waals surface area contributed by atoms with Crippen LogP contribution in [0, 0.1) is 0 Å². The molecular weight excluding hydrogens is 906 g/mol. The quantitative estimate of drug-likeness (QED) is 0.104. The molecule has 0 aliphatic carbocycles. The minimum atomic E-state index is -1.08. The Balaban J connectivity index is 0.000000766. The van der Waals surface area contributed by atoms with E-state index < -0.39 is 23.9 Å². The highest BCUT2D eigenvalue weighted by molar-refractivity contribution is 5.99. The van der Waals surface area contributed by atoms with Crippen LogP contribution in [0.1, 0.15) is 41.4 Å².